The lowest BCUT2D eigenvalue weighted by atomic mass is 10.1. The van der Waals surface area contributed by atoms with Gasteiger partial charge in [0.05, 0.1) is 5.69 Å². The van der Waals surface area contributed by atoms with E-state index in [1.807, 2.05) is 24.4 Å². The summed E-state index contributed by atoms with van der Waals surface area (Å²) >= 11 is 0. The van der Waals surface area contributed by atoms with Gasteiger partial charge in [0.25, 0.3) is 0 Å². The first-order valence-corrected chi connectivity index (χ1v) is 5.45. The molecule has 0 saturated heterocycles. The van der Waals surface area contributed by atoms with Gasteiger partial charge >= 0.3 is 0 Å². The van der Waals surface area contributed by atoms with Crippen molar-refractivity contribution in [3.8, 4) is 11.3 Å². The Bertz CT molecular complexity index is 441. The second kappa shape index (κ2) is 3.50. The highest BCUT2D eigenvalue weighted by molar-refractivity contribution is 5.59. The molecule has 74 valence electrons. The van der Waals surface area contributed by atoms with E-state index >= 15 is 0 Å². The summed E-state index contributed by atoms with van der Waals surface area (Å²) < 4.78 is 0. The quantitative estimate of drug-likeness (QED) is 0.713. The van der Waals surface area contributed by atoms with Gasteiger partial charge in [-0.3, -0.25) is 4.98 Å². The fourth-order valence-corrected chi connectivity index (χ4v) is 1.88. The minimum atomic E-state index is 0.836. The molecule has 15 heavy (non-hydrogen) atoms. The van der Waals surface area contributed by atoms with E-state index in [0.717, 1.165) is 11.6 Å². The molecular weight excluding hydrogens is 182 g/mol. The van der Waals surface area contributed by atoms with Gasteiger partial charge in [0.1, 0.15) is 0 Å². The summed E-state index contributed by atoms with van der Waals surface area (Å²) in [6.07, 6.45) is 4.57. The third kappa shape index (κ3) is 1.78. The van der Waals surface area contributed by atoms with E-state index in [1.165, 1.54) is 24.0 Å². The normalized spacial score (nSPS) is 15.2. The van der Waals surface area contributed by atoms with Crippen molar-refractivity contribution in [2.45, 2.75) is 18.8 Å². The summed E-state index contributed by atoms with van der Waals surface area (Å²) in [6, 6.07) is 14.8. The lowest BCUT2D eigenvalue weighted by Crippen LogP contribution is -1.83. The summed E-state index contributed by atoms with van der Waals surface area (Å²) in [4.78, 5) is 4.34. The predicted octanol–water partition coefficient (Wildman–Crippen LogP) is 3.63. The predicted molar refractivity (Wildman–Crippen MR) is 61.6 cm³/mol. The number of hydrogen-bond donors (Lipinski definition) is 0. The van der Waals surface area contributed by atoms with Crippen LogP contribution >= 0.6 is 0 Å². The maximum atomic E-state index is 4.34. The molecular formula is C14H13N. The van der Waals surface area contributed by atoms with Crippen LogP contribution in [0.4, 0.5) is 0 Å². The second-order valence-corrected chi connectivity index (χ2v) is 4.11. The molecule has 0 aliphatic heterocycles. The Morgan fingerprint density at radius 1 is 0.933 bits per heavy atom. The first kappa shape index (κ1) is 8.66. The third-order valence-corrected chi connectivity index (χ3v) is 2.92. The summed E-state index contributed by atoms with van der Waals surface area (Å²) in [5.41, 5.74) is 3.74. The Morgan fingerprint density at radius 3 is 2.33 bits per heavy atom. The number of aromatic nitrogens is 1. The highest BCUT2D eigenvalue weighted by Crippen LogP contribution is 2.40. The largest absolute Gasteiger partial charge is 0.256 e. The van der Waals surface area contributed by atoms with Crippen LogP contribution in [0.2, 0.25) is 0 Å². The molecule has 1 aliphatic carbocycles. The van der Waals surface area contributed by atoms with Gasteiger partial charge < -0.3 is 0 Å². The Kier molecular flexibility index (Phi) is 2.02. The standard InChI is InChI=1S/C14H13N/c1-2-10-15-14(3-1)13-8-6-12(7-9-13)11-4-5-11/h1-3,6-11H,4-5H2. The van der Waals surface area contributed by atoms with Crippen LogP contribution in [-0.2, 0) is 0 Å². The smallest absolute Gasteiger partial charge is 0.0701 e. The minimum absolute atomic E-state index is 0.836. The highest BCUT2D eigenvalue weighted by Gasteiger charge is 2.22. The van der Waals surface area contributed by atoms with Crippen LogP contribution in [-0.4, -0.2) is 4.98 Å². The molecule has 0 unspecified atom stereocenters. The first-order chi connectivity index (χ1) is 7.43. The first-order valence-electron chi connectivity index (χ1n) is 5.45. The molecule has 1 heteroatoms. The van der Waals surface area contributed by atoms with Gasteiger partial charge in [-0.05, 0) is 36.5 Å². The van der Waals surface area contributed by atoms with Crippen LogP contribution in [0.3, 0.4) is 0 Å². The molecule has 1 aromatic carbocycles. The summed E-state index contributed by atoms with van der Waals surface area (Å²) in [6.45, 7) is 0. The van der Waals surface area contributed by atoms with Crippen LogP contribution in [0.5, 0.6) is 0 Å². The maximum Gasteiger partial charge on any atom is 0.0701 e. The van der Waals surface area contributed by atoms with E-state index in [2.05, 4.69) is 29.2 Å². The topological polar surface area (TPSA) is 12.9 Å². The summed E-state index contributed by atoms with van der Waals surface area (Å²) in [7, 11) is 0. The van der Waals surface area contributed by atoms with Crippen LogP contribution < -0.4 is 0 Å². The summed E-state index contributed by atoms with van der Waals surface area (Å²) in [5, 5.41) is 0. The van der Waals surface area contributed by atoms with Gasteiger partial charge in [0, 0.05) is 11.8 Å². The second-order valence-electron chi connectivity index (χ2n) is 4.11. The minimum Gasteiger partial charge on any atom is -0.256 e. The SMILES string of the molecule is c1ccc(-c2ccc(C3CC3)cc2)nc1. The molecule has 1 saturated carbocycles. The van der Waals surface area contributed by atoms with Crippen molar-refractivity contribution in [3.05, 3.63) is 54.2 Å². The molecule has 1 aromatic heterocycles. The number of hydrogen-bond acceptors (Lipinski definition) is 1. The van der Waals surface area contributed by atoms with E-state index in [-0.39, 0.29) is 0 Å². The molecule has 1 aliphatic rings. The number of pyridine rings is 1. The van der Waals surface area contributed by atoms with Crippen molar-refractivity contribution in [1.82, 2.24) is 4.98 Å². The van der Waals surface area contributed by atoms with Gasteiger partial charge in [-0.1, -0.05) is 30.3 Å². The Hall–Kier alpha value is -1.63. The molecule has 1 fully saturated rings. The van der Waals surface area contributed by atoms with Crippen molar-refractivity contribution >= 4 is 0 Å². The Morgan fingerprint density at radius 2 is 1.73 bits per heavy atom. The van der Waals surface area contributed by atoms with Gasteiger partial charge in [0.15, 0.2) is 0 Å². The van der Waals surface area contributed by atoms with Crippen LogP contribution in [0, 0.1) is 0 Å². The Balaban J connectivity index is 1.93. The van der Waals surface area contributed by atoms with Gasteiger partial charge in [-0.25, -0.2) is 0 Å². The molecule has 3 rings (SSSR count). The van der Waals surface area contributed by atoms with E-state index < -0.39 is 0 Å². The Labute approximate surface area is 89.8 Å². The molecule has 0 N–H and O–H groups in total. The third-order valence-electron chi connectivity index (χ3n) is 2.92. The van der Waals surface area contributed by atoms with Gasteiger partial charge in [-0.2, -0.15) is 0 Å². The molecule has 0 amide bonds. The summed E-state index contributed by atoms with van der Waals surface area (Å²) in [5.74, 6) is 0.836. The van der Waals surface area contributed by atoms with Crippen LogP contribution in [0.15, 0.2) is 48.7 Å². The number of benzene rings is 1. The lowest BCUT2D eigenvalue weighted by Gasteiger charge is -2.02. The van der Waals surface area contributed by atoms with Crippen molar-refractivity contribution in [3.63, 3.8) is 0 Å². The van der Waals surface area contributed by atoms with Gasteiger partial charge in [0.2, 0.25) is 0 Å². The van der Waals surface area contributed by atoms with E-state index in [0.29, 0.717) is 0 Å². The molecule has 0 spiro atoms. The zero-order chi connectivity index (χ0) is 10.1. The monoisotopic (exact) mass is 195 g/mol. The molecule has 0 radical (unpaired) electrons. The average molecular weight is 195 g/mol. The zero-order valence-corrected chi connectivity index (χ0v) is 8.56. The fourth-order valence-electron chi connectivity index (χ4n) is 1.88. The molecule has 1 nitrogen and oxygen atoms in total. The highest BCUT2D eigenvalue weighted by atomic mass is 14.7. The maximum absolute atomic E-state index is 4.34. The van der Waals surface area contributed by atoms with Gasteiger partial charge in [-0.15, -0.1) is 0 Å². The average Bonchev–Trinajstić information content (AvgIpc) is 3.15. The van der Waals surface area contributed by atoms with Crippen molar-refractivity contribution in [1.29, 1.82) is 0 Å². The van der Waals surface area contributed by atoms with E-state index in [1.54, 1.807) is 0 Å². The van der Waals surface area contributed by atoms with Crippen LogP contribution in [0.25, 0.3) is 11.3 Å². The zero-order valence-electron chi connectivity index (χ0n) is 8.56. The molecule has 2 aromatic rings. The fraction of sp³-hybridized carbons (Fsp3) is 0.214. The van der Waals surface area contributed by atoms with E-state index in [9.17, 15) is 0 Å². The van der Waals surface area contributed by atoms with E-state index in [4.69, 9.17) is 0 Å². The number of rotatable bonds is 2. The lowest BCUT2D eigenvalue weighted by molar-refractivity contribution is 1.13. The molecule has 0 bridgehead atoms. The molecule has 1 heterocycles. The van der Waals surface area contributed by atoms with Crippen LogP contribution in [0.1, 0.15) is 24.3 Å². The number of nitrogens with zero attached hydrogens (tertiary/aromatic N) is 1. The molecule has 0 atom stereocenters. The van der Waals surface area contributed by atoms with Crippen molar-refractivity contribution < 1.29 is 0 Å². The van der Waals surface area contributed by atoms with Crippen molar-refractivity contribution in [2.24, 2.45) is 0 Å². The van der Waals surface area contributed by atoms with Crippen molar-refractivity contribution in [2.75, 3.05) is 0 Å².